The first-order valence-corrected chi connectivity index (χ1v) is 15.8. The molecule has 0 fully saturated rings. The van der Waals surface area contributed by atoms with Gasteiger partial charge in [0.05, 0.1) is 0 Å². The van der Waals surface area contributed by atoms with Crippen LogP contribution < -0.4 is 0 Å². The maximum atomic E-state index is 5.18. The first-order valence-electron chi connectivity index (χ1n) is 15.8. The fourth-order valence-electron chi connectivity index (χ4n) is 5.80. The van der Waals surface area contributed by atoms with Crippen molar-refractivity contribution in [3.05, 3.63) is 182 Å². The summed E-state index contributed by atoms with van der Waals surface area (Å²) < 4.78 is 0. The van der Waals surface area contributed by atoms with Crippen LogP contribution in [0.2, 0.25) is 0 Å². The van der Waals surface area contributed by atoms with Crippen LogP contribution in [-0.2, 0) is 0 Å². The van der Waals surface area contributed by atoms with Gasteiger partial charge in [-0.3, -0.25) is 0 Å². The van der Waals surface area contributed by atoms with Crippen LogP contribution in [0, 0.1) is 0 Å². The minimum atomic E-state index is 0.584. The van der Waals surface area contributed by atoms with Gasteiger partial charge < -0.3 is 0 Å². The van der Waals surface area contributed by atoms with Gasteiger partial charge in [0, 0.05) is 16.7 Å². The van der Waals surface area contributed by atoms with Crippen molar-refractivity contribution in [2.24, 2.45) is 0 Å². The number of rotatable bonds is 8. The largest absolute Gasteiger partial charge is 0.208 e. The molecule has 0 amide bonds. The number of nitrogens with zero attached hydrogens (tertiary/aromatic N) is 3. The summed E-state index contributed by atoms with van der Waals surface area (Å²) in [5, 5.41) is 0. The van der Waals surface area contributed by atoms with Crippen LogP contribution in [0.3, 0.4) is 0 Å². The third kappa shape index (κ3) is 6.47. The number of benzene rings is 6. The van der Waals surface area contributed by atoms with Crippen molar-refractivity contribution in [3.63, 3.8) is 0 Å². The van der Waals surface area contributed by atoms with Gasteiger partial charge >= 0.3 is 0 Å². The molecule has 6 aromatic carbocycles. The van der Waals surface area contributed by atoms with Gasteiger partial charge in [0.2, 0.25) is 0 Å². The molecule has 3 heteroatoms. The molecule has 0 bridgehead atoms. The van der Waals surface area contributed by atoms with Crippen LogP contribution in [0.15, 0.2) is 176 Å². The molecule has 0 unspecified atom stereocenters. The lowest BCUT2D eigenvalue weighted by Crippen LogP contribution is -2.03. The highest BCUT2D eigenvalue weighted by atomic mass is 15.0. The molecular weight excluding hydrogens is 571 g/mol. The maximum absolute atomic E-state index is 5.18. The molecule has 1 heterocycles. The van der Waals surface area contributed by atoms with Gasteiger partial charge in [-0.15, -0.1) is 0 Å². The normalized spacial score (nSPS) is 11.3. The summed E-state index contributed by atoms with van der Waals surface area (Å²) in [7, 11) is 0. The highest BCUT2D eigenvalue weighted by Gasteiger charge is 2.16. The monoisotopic (exact) mass is 603 g/mol. The van der Waals surface area contributed by atoms with Gasteiger partial charge in [-0.05, 0) is 87.8 Å². The third-order valence-electron chi connectivity index (χ3n) is 8.24. The lowest BCUT2D eigenvalue weighted by molar-refractivity contribution is 1.04. The molecule has 224 valence electrons. The first-order chi connectivity index (χ1) is 23.2. The lowest BCUT2D eigenvalue weighted by Gasteiger charge is -2.14. The summed E-state index contributed by atoms with van der Waals surface area (Å²) in [6, 6.07) is 54.9. The number of hydrogen-bond acceptors (Lipinski definition) is 3. The fourth-order valence-corrected chi connectivity index (χ4v) is 5.80. The Morgan fingerprint density at radius 3 is 0.979 bits per heavy atom. The minimum absolute atomic E-state index is 0.584. The highest BCUT2D eigenvalue weighted by Crippen LogP contribution is 2.35. The molecule has 0 N–H and O–H groups in total. The zero-order chi connectivity index (χ0) is 32.0. The summed E-state index contributed by atoms with van der Waals surface area (Å²) >= 11 is 0. The Morgan fingerprint density at radius 1 is 0.404 bits per heavy atom. The van der Waals surface area contributed by atoms with E-state index in [2.05, 4.69) is 140 Å². The van der Waals surface area contributed by atoms with E-state index in [1.165, 1.54) is 0 Å². The van der Waals surface area contributed by atoms with Crippen LogP contribution >= 0.6 is 0 Å². The van der Waals surface area contributed by atoms with E-state index >= 15 is 0 Å². The molecule has 0 spiro atoms. The van der Waals surface area contributed by atoms with E-state index in [1.807, 2.05) is 37.3 Å². The van der Waals surface area contributed by atoms with Gasteiger partial charge in [-0.25, -0.2) is 15.0 Å². The summed E-state index contributed by atoms with van der Waals surface area (Å²) in [5.74, 6) is 1.79. The second kappa shape index (κ2) is 13.4. The molecular formula is C44H33N3. The number of hydrogen-bond donors (Lipinski definition) is 0. The molecule has 7 rings (SSSR count). The van der Waals surface area contributed by atoms with Crippen molar-refractivity contribution in [2.45, 2.75) is 6.92 Å². The molecule has 0 saturated carbocycles. The van der Waals surface area contributed by atoms with E-state index < -0.39 is 0 Å². The van der Waals surface area contributed by atoms with Crippen molar-refractivity contribution in [1.82, 2.24) is 15.0 Å². The third-order valence-corrected chi connectivity index (χ3v) is 8.24. The predicted molar refractivity (Wildman–Crippen MR) is 196 cm³/mol. The van der Waals surface area contributed by atoms with Crippen molar-refractivity contribution in [3.8, 4) is 67.3 Å². The SMILES string of the molecule is C=C/C(=C\C)c1nc(-c2cc(-c3ccccc3)cc(-c3ccccc3)c2)nc(-c2cc(-c3ccccc3)cc(-c3ccccc3)c2)n1. The topological polar surface area (TPSA) is 38.7 Å². The smallest absolute Gasteiger partial charge is 0.164 e. The van der Waals surface area contributed by atoms with Gasteiger partial charge in [0.1, 0.15) is 0 Å². The first kappa shape index (κ1) is 29.5. The zero-order valence-electron chi connectivity index (χ0n) is 26.2. The molecule has 0 saturated heterocycles. The molecule has 0 radical (unpaired) electrons. The summed E-state index contributed by atoms with van der Waals surface area (Å²) in [5.41, 5.74) is 11.6. The Labute approximate surface area is 276 Å². The molecule has 0 atom stereocenters. The van der Waals surface area contributed by atoms with Crippen molar-refractivity contribution < 1.29 is 0 Å². The molecule has 0 aliphatic heterocycles. The van der Waals surface area contributed by atoms with E-state index in [4.69, 9.17) is 15.0 Å². The number of allylic oxidation sites excluding steroid dienone is 3. The second-order valence-corrected chi connectivity index (χ2v) is 11.3. The quantitative estimate of drug-likeness (QED) is 0.162. The van der Waals surface area contributed by atoms with Crippen molar-refractivity contribution >= 4 is 5.57 Å². The van der Waals surface area contributed by atoms with Crippen LogP contribution in [0.4, 0.5) is 0 Å². The Hall–Kier alpha value is -6.19. The molecule has 0 aliphatic carbocycles. The van der Waals surface area contributed by atoms with Gasteiger partial charge in [0.15, 0.2) is 17.5 Å². The van der Waals surface area contributed by atoms with Gasteiger partial charge in [0.25, 0.3) is 0 Å². The van der Waals surface area contributed by atoms with Crippen LogP contribution in [-0.4, -0.2) is 15.0 Å². The predicted octanol–water partition coefficient (Wildman–Crippen LogP) is 11.5. The Morgan fingerprint density at radius 2 is 0.702 bits per heavy atom. The second-order valence-electron chi connectivity index (χ2n) is 11.3. The fraction of sp³-hybridized carbons (Fsp3) is 0.0227. The average Bonchev–Trinajstić information content (AvgIpc) is 3.16. The highest BCUT2D eigenvalue weighted by molar-refractivity contribution is 5.83. The van der Waals surface area contributed by atoms with E-state index in [0.29, 0.717) is 17.5 Å². The zero-order valence-corrected chi connectivity index (χ0v) is 26.2. The van der Waals surface area contributed by atoms with Gasteiger partial charge in [-0.2, -0.15) is 0 Å². The summed E-state index contributed by atoms with van der Waals surface area (Å²) in [4.78, 5) is 15.3. The number of aromatic nitrogens is 3. The van der Waals surface area contributed by atoms with E-state index in [9.17, 15) is 0 Å². The Balaban J connectivity index is 1.47. The van der Waals surface area contributed by atoms with Crippen molar-refractivity contribution in [2.75, 3.05) is 0 Å². The van der Waals surface area contributed by atoms with Gasteiger partial charge in [-0.1, -0.05) is 140 Å². The van der Waals surface area contributed by atoms with E-state index in [0.717, 1.165) is 61.2 Å². The Bertz CT molecular complexity index is 1930. The molecule has 3 nitrogen and oxygen atoms in total. The van der Waals surface area contributed by atoms with Crippen LogP contribution in [0.5, 0.6) is 0 Å². The summed E-state index contributed by atoms with van der Waals surface area (Å²) in [6.07, 6.45) is 3.79. The van der Waals surface area contributed by atoms with Crippen molar-refractivity contribution in [1.29, 1.82) is 0 Å². The van der Waals surface area contributed by atoms with Crippen LogP contribution in [0.1, 0.15) is 12.7 Å². The van der Waals surface area contributed by atoms with E-state index in [1.54, 1.807) is 6.08 Å². The lowest BCUT2D eigenvalue weighted by atomic mass is 9.95. The minimum Gasteiger partial charge on any atom is -0.208 e. The molecule has 1 aromatic heterocycles. The molecule has 7 aromatic rings. The maximum Gasteiger partial charge on any atom is 0.164 e. The van der Waals surface area contributed by atoms with E-state index in [-0.39, 0.29) is 0 Å². The summed E-state index contributed by atoms with van der Waals surface area (Å²) in [6.45, 7) is 6.04. The molecule has 47 heavy (non-hydrogen) atoms. The standard InChI is InChI=1S/C44H33N3/c1-3-31(4-2)42-45-43(40-27-36(32-17-9-5-10-18-32)25-37(28-40)33-19-11-6-12-20-33)47-44(46-42)41-29-38(34-21-13-7-14-22-34)26-39(30-41)35-23-15-8-16-24-35/h3-30H,1H2,2H3/b31-4+. The average molecular weight is 604 g/mol. The Kier molecular flexibility index (Phi) is 8.44. The van der Waals surface area contributed by atoms with Crippen LogP contribution in [0.25, 0.3) is 72.9 Å². The molecule has 0 aliphatic rings.